The van der Waals surface area contributed by atoms with Crippen LogP contribution in [0.5, 0.6) is 0 Å². The van der Waals surface area contributed by atoms with E-state index in [9.17, 15) is 14.0 Å². The summed E-state index contributed by atoms with van der Waals surface area (Å²) in [6.07, 6.45) is 4.18. The quantitative estimate of drug-likeness (QED) is 0.551. The van der Waals surface area contributed by atoms with E-state index in [4.69, 9.17) is 23.2 Å². The van der Waals surface area contributed by atoms with Crippen LogP contribution in [-0.4, -0.2) is 28.6 Å². The first-order valence-electron chi connectivity index (χ1n) is 10.6. The van der Waals surface area contributed by atoms with Crippen molar-refractivity contribution >= 4 is 35.0 Å². The summed E-state index contributed by atoms with van der Waals surface area (Å²) in [5.41, 5.74) is 1.22. The zero-order chi connectivity index (χ0) is 22.4. The second-order valence-corrected chi connectivity index (χ2v) is 8.76. The second-order valence-electron chi connectivity index (χ2n) is 8.08. The van der Waals surface area contributed by atoms with Gasteiger partial charge in [-0.15, -0.1) is 11.6 Å². The zero-order valence-electron chi connectivity index (χ0n) is 17.5. The first kappa shape index (κ1) is 23.6. The SMILES string of the molecule is CC1CCCCC1NC(=O)C(c1ccccc1Cl)N(Cc1ccc(F)cc1)C(=O)CCl. The summed E-state index contributed by atoms with van der Waals surface area (Å²) in [6.45, 7) is 2.24. The Morgan fingerprint density at radius 3 is 2.45 bits per heavy atom. The molecule has 0 spiro atoms. The van der Waals surface area contributed by atoms with Gasteiger partial charge >= 0.3 is 0 Å². The maximum Gasteiger partial charge on any atom is 0.247 e. The third-order valence-corrected chi connectivity index (χ3v) is 6.47. The lowest BCUT2D eigenvalue weighted by Gasteiger charge is -2.35. The Bertz CT molecular complexity index is 907. The summed E-state index contributed by atoms with van der Waals surface area (Å²) >= 11 is 12.4. The number of amides is 2. The average Bonchev–Trinajstić information content (AvgIpc) is 2.77. The number of hydrogen-bond donors (Lipinski definition) is 1. The minimum atomic E-state index is -0.945. The molecule has 0 heterocycles. The smallest absolute Gasteiger partial charge is 0.247 e. The topological polar surface area (TPSA) is 49.4 Å². The molecular weight excluding hydrogens is 438 g/mol. The van der Waals surface area contributed by atoms with Gasteiger partial charge in [0.25, 0.3) is 0 Å². The monoisotopic (exact) mass is 464 g/mol. The van der Waals surface area contributed by atoms with Crippen molar-refractivity contribution in [1.82, 2.24) is 10.2 Å². The van der Waals surface area contributed by atoms with Crippen molar-refractivity contribution in [3.05, 3.63) is 70.5 Å². The lowest BCUT2D eigenvalue weighted by Crippen LogP contribution is -2.49. The molecule has 2 aromatic rings. The van der Waals surface area contributed by atoms with Crippen molar-refractivity contribution in [3.63, 3.8) is 0 Å². The van der Waals surface area contributed by atoms with Crippen LogP contribution >= 0.6 is 23.2 Å². The summed E-state index contributed by atoms with van der Waals surface area (Å²) < 4.78 is 13.4. The van der Waals surface area contributed by atoms with E-state index in [1.807, 2.05) is 0 Å². The predicted molar refractivity (Wildman–Crippen MR) is 121 cm³/mol. The van der Waals surface area contributed by atoms with E-state index >= 15 is 0 Å². The molecule has 1 aliphatic carbocycles. The fourth-order valence-corrected chi connectivity index (χ4v) is 4.52. The fourth-order valence-electron chi connectivity index (χ4n) is 4.13. The predicted octanol–water partition coefficient (Wildman–Crippen LogP) is 5.48. The molecule has 3 atom stereocenters. The van der Waals surface area contributed by atoms with E-state index in [1.165, 1.54) is 17.0 Å². The molecule has 31 heavy (non-hydrogen) atoms. The van der Waals surface area contributed by atoms with Crippen LogP contribution < -0.4 is 5.32 Å². The molecule has 2 aromatic carbocycles. The minimum absolute atomic E-state index is 0.0463. The lowest BCUT2D eigenvalue weighted by molar-refractivity contribution is -0.140. The van der Waals surface area contributed by atoms with Crippen LogP contribution in [-0.2, 0) is 16.1 Å². The van der Waals surface area contributed by atoms with Gasteiger partial charge in [0.1, 0.15) is 17.7 Å². The largest absolute Gasteiger partial charge is 0.351 e. The van der Waals surface area contributed by atoms with Crippen LogP contribution in [0.4, 0.5) is 4.39 Å². The molecule has 7 heteroatoms. The molecule has 166 valence electrons. The Morgan fingerprint density at radius 2 is 1.81 bits per heavy atom. The molecule has 0 aromatic heterocycles. The van der Waals surface area contributed by atoms with Gasteiger partial charge in [0.2, 0.25) is 11.8 Å². The van der Waals surface area contributed by atoms with Gasteiger partial charge in [-0.1, -0.05) is 61.7 Å². The molecule has 0 aliphatic heterocycles. The highest BCUT2D eigenvalue weighted by Gasteiger charge is 2.34. The summed E-state index contributed by atoms with van der Waals surface area (Å²) in [5, 5.41) is 3.55. The minimum Gasteiger partial charge on any atom is -0.351 e. The molecule has 1 saturated carbocycles. The van der Waals surface area contributed by atoms with Gasteiger partial charge in [-0.2, -0.15) is 0 Å². The number of carbonyl (C=O) groups excluding carboxylic acids is 2. The number of carbonyl (C=O) groups is 2. The van der Waals surface area contributed by atoms with Gasteiger partial charge in [-0.3, -0.25) is 9.59 Å². The number of halogens is 3. The summed E-state index contributed by atoms with van der Waals surface area (Å²) in [6, 6.07) is 11.9. The number of nitrogens with zero attached hydrogens (tertiary/aromatic N) is 1. The van der Waals surface area contributed by atoms with E-state index in [0.717, 1.165) is 25.7 Å². The van der Waals surface area contributed by atoms with E-state index < -0.39 is 11.9 Å². The highest BCUT2D eigenvalue weighted by atomic mass is 35.5. The van der Waals surface area contributed by atoms with E-state index in [2.05, 4.69) is 12.2 Å². The summed E-state index contributed by atoms with van der Waals surface area (Å²) in [7, 11) is 0. The van der Waals surface area contributed by atoms with Gasteiger partial charge in [-0.25, -0.2) is 4.39 Å². The summed E-state index contributed by atoms with van der Waals surface area (Å²) in [5.74, 6) is -0.977. The normalized spacial score (nSPS) is 19.5. The Hall–Kier alpha value is -2.11. The van der Waals surface area contributed by atoms with Crippen LogP contribution in [0.15, 0.2) is 48.5 Å². The van der Waals surface area contributed by atoms with E-state index in [-0.39, 0.29) is 30.2 Å². The first-order valence-corrected chi connectivity index (χ1v) is 11.5. The Kier molecular flexibility index (Phi) is 8.33. The average molecular weight is 465 g/mol. The number of nitrogens with one attached hydrogen (secondary N) is 1. The standard InChI is InChI=1S/C24H27Cl2FN2O2/c1-16-6-2-5-9-21(16)28-24(31)23(19-7-3-4-8-20(19)26)29(22(30)14-25)15-17-10-12-18(27)13-11-17/h3-4,7-8,10-13,16,21,23H,2,5-6,9,14-15H2,1H3,(H,28,31). The highest BCUT2D eigenvalue weighted by molar-refractivity contribution is 6.31. The Morgan fingerprint density at radius 1 is 1.13 bits per heavy atom. The van der Waals surface area contributed by atoms with Crippen molar-refractivity contribution in [2.45, 2.75) is 51.2 Å². The van der Waals surface area contributed by atoms with Gasteiger partial charge in [0.05, 0.1) is 0 Å². The maximum absolute atomic E-state index is 13.5. The van der Waals surface area contributed by atoms with Gasteiger partial charge < -0.3 is 10.2 Å². The molecule has 2 amide bonds. The second kappa shape index (κ2) is 11.0. The van der Waals surface area contributed by atoms with Crippen LogP contribution in [0.1, 0.15) is 49.8 Å². The number of hydrogen-bond acceptors (Lipinski definition) is 2. The highest BCUT2D eigenvalue weighted by Crippen LogP contribution is 2.31. The van der Waals surface area contributed by atoms with Crippen LogP contribution in [0.25, 0.3) is 0 Å². The Balaban J connectivity index is 1.97. The molecule has 1 N–H and O–H groups in total. The summed E-state index contributed by atoms with van der Waals surface area (Å²) in [4.78, 5) is 27.8. The molecule has 1 aliphatic rings. The van der Waals surface area contributed by atoms with E-state index in [1.54, 1.807) is 36.4 Å². The van der Waals surface area contributed by atoms with Crippen molar-refractivity contribution < 1.29 is 14.0 Å². The van der Waals surface area contributed by atoms with Gasteiger partial charge in [-0.05, 0) is 42.5 Å². The maximum atomic E-state index is 13.5. The van der Waals surface area contributed by atoms with Crippen LogP contribution in [0, 0.1) is 11.7 Å². The molecule has 4 nitrogen and oxygen atoms in total. The van der Waals surface area contributed by atoms with Crippen molar-refractivity contribution in [3.8, 4) is 0 Å². The number of rotatable bonds is 7. The molecule has 3 unspecified atom stereocenters. The molecule has 1 fully saturated rings. The third-order valence-electron chi connectivity index (χ3n) is 5.90. The number of alkyl halides is 1. The van der Waals surface area contributed by atoms with Crippen LogP contribution in [0.2, 0.25) is 5.02 Å². The molecule has 3 rings (SSSR count). The fraction of sp³-hybridized carbons (Fsp3) is 0.417. The van der Waals surface area contributed by atoms with Gasteiger partial charge in [0.15, 0.2) is 0 Å². The lowest BCUT2D eigenvalue weighted by atomic mass is 9.85. The molecule has 0 radical (unpaired) electrons. The van der Waals surface area contributed by atoms with Crippen molar-refractivity contribution in [2.24, 2.45) is 5.92 Å². The van der Waals surface area contributed by atoms with Crippen molar-refractivity contribution in [2.75, 3.05) is 5.88 Å². The van der Waals surface area contributed by atoms with E-state index in [0.29, 0.717) is 22.1 Å². The number of benzene rings is 2. The Labute approximate surface area is 192 Å². The third kappa shape index (κ3) is 5.98. The molecule has 0 saturated heterocycles. The molecular formula is C24H27Cl2FN2O2. The van der Waals surface area contributed by atoms with Crippen LogP contribution in [0.3, 0.4) is 0 Å². The molecule has 0 bridgehead atoms. The first-order chi connectivity index (χ1) is 14.9. The zero-order valence-corrected chi connectivity index (χ0v) is 19.0. The van der Waals surface area contributed by atoms with Gasteiger partial charge in [0, 0.05) is 23.2 Å². The van der Waals surface area contributed by atoms with Crippen molar-refractivity contribution in [1.29, 1.82) is 0 Å².